The van der Waals surface area contributed by atoms with Gasteiger partial charge < -0.3 is 0 Å². The summed E-state index contributed by atoms with van der Waals surface area (Å²) in [6.07, 6.45) is 3.70. The van der Waals surface area contributed by atoms with Crippen LogP contribution in [0.3, 0.4) is 0 Å². The minimum Gasteiger partial charge on any atom is -0.297 e. The van der Waals surface area contributed by atoms with Gasteiger partial charge in [-0.2, -0.15) is 0 Å². The third-order valence-electron chi connectivity index (χ3n) is 2.96. The van der Waals surface area contributed by atoms with Crippen molar-refractivity contribution in [2.75, 3.05) is 19.3 Å². The van der Waals surface area contributed by atoms with E-state index in [1.165, 1.54) is 0 Å². The first-order valence-corrected chi connectivity index (χ1v) is 8.02. The fourth-order valence-electron chi connectivity index (χ4n) is 2.19. The summed E-state index contributed by atoms with van der Waals surface area (Å²) in [7, 11) is -3.32. The lowest BCUT2D eigenvalue weighted by molar-refractivity contribution is 0.222. The second-order valence-corrected chi connectivity index (χ2v) is 7.19. The van der Waals surface area contributed by atoms with Crippen molar-refractivity contribution in [3.63, 3.8) is 0 Å². The Bertz CT molecular complexity index is 540. The van der Waals surface area contributed by atoms with Gasteiger partial charge in [0, 0.05) is 32.1 Å². The van der Waals surface area contributed by atoms with Crippen LogP contribution in [0.1, 0.15) is 25.1 Å². The second-order valence-electron chi connectivity index (χ2n) is 5.28. The van der Waals surface area contributed by atoms with Crippen LogP contribution in [-0.4, -0.2) is 42.6 Å². The summed E-state index contributed by atoms with van der Waals surface area (Å²) in [5, 5.41) is -0.0624. The summed E-state index contributed by atoms with van der Waals surface area (Å²) in [4.78, 5) is 10.4. The normalized spacial score (nSPS) is 16.9. The highest BCUT2D eigenvalue weighted by Crippen LogP contribution is 2.18. The van der Waals surface area contributed by atoms with Crippen molar-refractivity contribution >= 4 is 9.84 Å². The number of hydrogen-bond donors (Lipinski definition) is 0. The van der Waals surface area contributed by atoms with E-state index in [0.717, 1.165) is 43.6 Å². The molecule has 2 rings (SSSR count). The van der Waals surface area contributed by atoms with E-state index in [1.807, 2.05) is 0 Å². The van der Waals surface area contributed by atoms with E-state index in [4.69, 9.17) is 0 Å². The third kappa shape index (κ3) is 3.05. The van der Waals surface area contributed by atoms with Gasteiger partial charge in [0.2, 0.25) is 15.0 Å². The molecule has 1 aliphatic heterocycles. The molecule has 0 fully saturated rings. The molecule has 1 aliphatic rings. The van der Waals surface area contributed by atoms with E-state index in [0.29, 0.717) is 5.92 Å². The molecule has 0 amide bonds. The Balaban J connectivity index is 2.25. The summed E-state index contributed by atoms with van der Waals surface area (Å²) < 4.78 is 22.9. The number of sulfone groups is 1. The van der Waals surface area contributed by atoms with Crippen LogP contribution < -0.4 is 0 Å². The predicted molar refractivity (Wildman–Crippen MR) is 69.0 cm³/mol. The zero-order valence-corrected chi connectivity index (χ0v) is 11.9. The summed E-state index contributed by atoms with van der Waals surface area (Å²) in [6, 6.07) is 0. The molecule has 0 spiro atoms. The molecule has 18 heavy (non-hydrogen) atoms. The lowest BCUT2D eigenvalue weighted by Crippen LogP contribution is -2.34. The number of nitrogens with zero attached hydrogens (tertiary/aromatic N) is 3. The zero-order valence-electron chi connectivity index (χ0n) is 11.0. The Kier molecular flexibility index (Phi) is 3.68. The molecular formula is C12H19N3O2S. The van der Waals surface area contributed by atoms with Crippen molar-refractivity contribution in [3.8, 4) is 0 Å². The van der Waals surface area contributed by atoms with Gasteiger partial charge in [-0.25, -0.2) is 18.4 Å². The first-order chi connectivity index (χ1) is 8.36. The second kappa shape index (κ2) is 4.93. The lowest BCUT2D eigenvalue weighted by atomic mass is 10.1. The Morgan fingerprint density at radius 3 is 2.78 bits per heavy atom. The van der Waals surface area contributed by atoms with E-state index >= 15 is 0 Å². The van der Waals surface area contributed by atoms with E-state index in [2.05, 4.69) is 28.7 Å². The van der Waals surface area contributed by atoms with Gasteiger partial charge in [-0.1, -0.05) is 13.8 Å². The average Bonchev–Trinajstić information content (AvgIpc) is 2.26. The minimum absolute atomic E-state index is 0.0624. The van der Waals surface area contributed by atoms with Gasteiger partial charge in [0.25, 0.3) is 0 Å². The van der Waals surface area contributed by atoms with Crippen molar-refractivity contribution in [1.29, 1.82) is 0 Å². The molecule has 100 valence electrons. The molecule has 0 saturated carbocycles. The highest BCUT2D eigenvalue weighted by molar-refractivity contribution is 7.90. The van der Waals surface area contributed by atoms with Gasteiger partial charge in [-0.15, -0.1) is 0 Å². The third-order valence-corrected chi connectivity index (χ3v) is 3.82. The molecule has 0 bridgehead atoms. The van der Waals surface area contributed by atoms with Crippen LogP contribution in [0, 0.1) is 5.92 Å². The molecule has 5 nitrogen and oxygen atoms in total. The molecule has 6 heteroatoms. The molecule has 1 aromatic heterocycles. The van der Waals surface area contributed by atoms with Crippen LogP contribution in [-0.2, 0) is 22.8 Å². The van der Waals surface area contributed by atoms with Crippen LogP contribution in [0.5, 0.6) is 0 Å². The first kappa shape index (κ1) is 13.4. The molecule has 2 heterocycles. The Hall–Kier alpha value is -1.01. The molecule has 1 aromatic rings. The maximum atomic E-state index is 11.4. The predicted octanol–water partition coefficient (Wildman–Crippen LogP) is 0.894. The van der Waals surface area contributed by atoms with Gasteiger partial charge in [-0.3, -0.25) is 4.90 Å². The first-order valence-electron chi connectivity index (χ1n) is 6.13. The number of hydrogen-bond acceptors (Lipinski definition) is 5. The van der Waals surface area contributed by atoms with Crippen LogP contribution in [0.2, 0.25) is 0 Å². The Labute approximate surface area is 108 Å². The van der Waals surface area contributed by atoms with E-state index in [9.17, 15) is 8.42 Å². The van der Waals surface area contributed by atoms with Crippen molar-refractivity contribution in [1.82, 2.24) is 14.9 Å². The minimum atomic E-state index is -3.32. The zero-order chi connectivity index (χ0) is 13.3. The molecule has 0 N–H and O–H groups in total. The number of fused-ring (bicyclic) bond motifs is 1. The van der Waals surface area contributed by atoms with Crippen LogP contribution >= 0.6 is 0 Å². The molecule has 0 atom stereocenters. The van der Waals surface area contributed by atoms with Crippen LogP contribution in [0.4, 0.5) is 0 Å². The molecule has 0 saturated heterocycles. The SMILES string of the molecule is CC(C)CN1CCc2cnc(S(C)(=O)=O)nc2C1. The summed E-state index contributed by atoms with van der Waals surface area (Å²) >= 11 is 0. The molecule has 0 radical (unpaired) electrons. The monoisotopic (exact) mass is 269 g/mol. The van der Waals surface area contributed by atoms with Crippen LogP contribution in [0.25, 0.3) is 0 Å². The number of aromatic nitrogens is 2. The molecular weight excluding hydrogens is 250 g/mol. The molecule has 0 aromatic carbocycles. The van der Waals surface area contributed by atoms with E-state index < -0.39 is 9.84 Å². The largest absolute Gasteiger partial charge is 0.297 e. The molecule has 0 aliphatic carbocycles. The van der Waals surface area contributed by atoms with Gasteiger partial charge in [0.05, 0.1) is 5.69 Å². The summed E-state index contributed by atoms with van der Waals surface area (Å²) in [5.74, 6) is 0.600. The quantitative estimate of drug-likeness (QED) is 0.763. The maximum absolute atomic E-state index is 11.4. The van der Waals surface area contributed by atoms with Gasteiger partial charge in [0.15, 0.2) is 0 Å². The van der Waals surface area contributed by atoms with E-state index in [1.54, 1.807) is 6.20 Å². The molecule has 0 unspecified atom stereocenters. The summed E-state index contributed by atoms with van der Waals surface area (Å²) in [6.45, 7) is 7.08. The average molecular weight is 269 g/mol. The Morgan fingerprint density at radius 2 is 2.17 bits per heavy atom. The van der Waals surface area contributed by atoms with Crippen LogP contribution in [0.15, 0.2) is 11.4 Å². The topological polar surface area (TPSA) is 63.2 Å². The van der Waals surface area contributed by atoms with Crippen molar-refractivity contribution in [2.24, 2.45) is 5.92 Å². The number of rotatable bonds is 3. The van der Waals surface area contributed by atoms with Crippen molar-refractivity contribution in [3.05, 3.63) is 17.5 Å². The fraction of sp³-hybridized carbons (Fsp3) is 0.667. The standard InChI is InChI=1S/C12H19N3O2S/c1-9(2)7-15-5-4-10-6-13-12(18(3,16)17)14-11(10)8-15/h6,9H,4-5,7-8H2,1-3H3. The highest BCUT2D eigenvalue weighted by atomic mass is 32.2. The van der Waals surface area contributed by atoms with Gasteiger partial charge in [-0.05, 0) is 17.9 Å². The van der Waals surface area contributed by atoms with Crippen molar-refractivity contribution < 1.29 is 8.42 Å². The Morgan fingerprint density at radius 1 is 1.44 bits per heavy atom. The van der Waals surface area contributed by atoms with Gasteiger partial charge in [0.1, 0.15) is 0 Å². The summed E-state index contributed by atoms with van der Waals surface area (Å²) in [5.41, 5.74) is 1.93. The van der Waals surface area contributed by atoms with E-state index in [-0.39, 0.29) is 5.16 Å². The maximum Gasteiger partial charge on any atom is 0.247 e. The van der Waals surface area contributed by atoms with Gasteiger partial charge >= 0.3 is 0 Å². The highest BCUT2D eigenvalue weighted by Gasteiger charge is 2.21. The van der Waals surface area contributed by atoms with Crippen molar-refractivity contribution in [2.45, 2.75) is 32.0 Å². The fourth-order valence-corrected chi connectivity index (χ4v) is 2.71. The lowest BCUT2D eigenvalue weighted by Gasteiger charge is -2.29. The smallest absolute Gasteiger partial charge is 0.247 e.